The van der Waals surface area contributed by atoms with Gasteiger partial charge in [-0.3, -0.25) is 4.79 Å². The topological polar surface area (TPSA) is 63.3 Å². The fourth-order valence-corrected chi connectivity index (χ4v) is 2.27. The molecule has 5 heteroatoms. The summed E-state index contributed by atoms with van der Waals surface area (Å²) in [6.45, 7) is 0. The molecule has 0 amide bonds. The molecule has 0 unspecified atom stereocenters. The van der Waals surface area contributed by atoms with Crippen molar-refractivity contribution in [3.8, 4) is 22.6 Å². The number of aliphatic carboxylic acids is 1. The van der Waals surface area contributed by atoms with Gasteiger partial charge in [-0.05, 0) is 24.3 Å². The lowest BCUT2D eigenvalue weighted by Gasteiger charge is -2.01. The van der Waals surface area contributed by atoms with E-state index in [2.05, 4.69) is 4.98 Å². The molecule has 23 heavy (non-hydrogen) atoms. The number of hydrogen-bond acceptors (Lipinski definition) is 3. The lowest BCUT2D eigenvalue weighted by Crippen LogP contribution is -1.97. The zero-order valence-electron chi connectivity index (χ0n) is 12.2. The number of aryl methyl sites for hydroxylation is 1. The van der Waals surface area contributed by atoms with Crippen LogP contribution >= 0.6 is 0 Å². The lowest BCUT2D eigenvalue weighted by molar-refractivity contribution is -0.137. The average Bonchev–Trinajstić information content (AvgIpc) is 2.99. The second-order valence-corrected chi connectivity index (χ2v) is 5.05. The van der Waals surface area contributed by atoms with Gasteiger partial charge in [-0.15, -0.1) is 0 Å². The number of hydrogen-bond donors (Lipinski definition) is 1. The van der Waals surface area contributed by atoms with Crippen LogP contribution in [0.5, 0.6) is 0 Å². The van der Waals surface area contributed by atoms with Crippen LogP contribution in [0.2, 0.25) is 0 Å². The van der Waals surface area contributed by atoms with Gasteiger partial charge in [-0.1, -0.05) is 30.3 Å². The normalized spacial score (nSPS) is 10.7. The Labute approximate surface area is 132 Å². The van der Waals surface area contributed by atoms with Gasteiger partial charge < -0.3 is 9.52 Å². The van der Waals surface area contributed by atoms with Crippen LogP contribution in [0.15, 0.2) is 59.0 Å². The molecule has 0 radical (unpaired) electrons. The lowest BCUT2D eigenvalue weighted by atomic mass is 10.1. The highest BCUT2D eigenvalue weighted by atomic mass is 19.1. The predicted molar refractivity (Wildman–Crippen MR) is 83.3 cm³/mol. The highest BCUT2D eigenvalue weighted by molar-refractivity contribution is 5.76. The third-order valence-corrected chi connectivity index (χ3v) is 3.38. The van der Waals surface area contributed by atoms with Gasteiger partial charge in [0.05, 0.1) is 6.42 Å². The molecule has 1 N–H and O–H groups in total. The quantitative estimate of drug-likeness (QED) is 0.768. The number of carbonyl (C=O) groups is 1. The van der Waals surface area contributed by atoms with Crippen molar-refractivity contribution >= 4 is 5.97 Å². The van der Waals surface area contributed by atoms with Crippen molar-refractivity contribution in [1.29, 1.82) is 0 Å². The maximum absolute atomic E-state index is 13.1. The minimum atomic E-state index is -0.909. The number of halogens is 1. The summed E-state index contributed by atoms with van der Waals surface area (Å²) >= 11 is 0. The number of carboxylic acid groups (broad SMARTS) is 1. The molecule has 0 atom stereocenters. The van der Waals surface area contributed by atoms with Crippen LogP contribution in [0.25, 0.3) is 22.6 Å². The minimum Gasteiger partial charge on any atom is -0.481 e. The SMILES string of the molecule is O=C(O)CCc1nc(-c2ccc(F)cc2)c(-c2ccccc2)o1. The molecule has 116 valence electrons. The molecule has 4 nitrogen and oxygen atoms in total. The molecule has 1 heterocycles. The zero-order valence-corrected chi connectivity index (χ0v) is 12.2. The van der Waals surface area contributed by atoms with Crippen molar-refractivity contribution in [3.63, 3.8) is 0 Å². The Morgan fingerprint density at radius 3 is 2.39 bits per heavy atom. The number of nitrogens with zero attached hydrogens (tertiary/aromatic N) is 1. The monoisotopic (exact) mass is 311 g/mol. The summed E-state index contributed by atoms with van der Waals surface area (Å²) in [7, 11) is 0. The highest BCUT2D eigenvalue weighted by Gasteiger charge is 2.17. The van der Waals surface area contributed by atoms with Crippen molar-refractivity contribution < 1.29 is 18.7 Å². The first kappa shape index (κ1) is 15.0. The van der Waals surface area contributed by atoms with E-state index in [1.807, 2.05) is 30.3 Å². The molecule has 0 spiro atoms. The summed E-state index contributed by atoms with van der Waals surface area (Å²) in [5.41, 5.74) is 2.13. The van der Waals surface area contributed by atoms with E-state index in [1.54, 1.807) is 12.1 Å². The molecule has 0 aliphatic carbocycles. The summed E-state index contributed by atoms with van der Waals surface area (Å²) in [5.74, 6) is -0.333. The molecule has 0 aliphatic rings. The number of carboxylic acids is 1. The Balaban J connectivity index is 2.05. The van der Waals surface area contributed by atoms with Crippen LogP contribution in [0, 0.1) is 5.82 Å². The van der Waals surface area contributed by atoms with Gasteiger partial charge >= 0.3 is 5.97 Å². The molecular weight excluding hydrogens is 297 g/mol. The van der Waals surface area contributed by atoms with E-state index in [9.17, 15) is 9.18 Å². The molecule has 3 rings (SSSR count). The van der Waals surface area contributed by atoms with Crippen LogP contribution in [-0.2, 0) is 11.2 Å². The molecule has 0 saturated heterocycles. The number of oxazole rings is 1. The van der Waals surface area contributed by atoms with Gasteiger partial charge in [0.15, 0.2) is 11.7 Å². The fraction of sp³-hybridized carbons (Fsp3) is 0.111. The van der Waals surface area contributed by atoms with Crippen LogP contribution < -0.4 is 0 Å². The number of aromatic nitrogens is 1. The minimum absolute atomic E-state index is 0.0579. The van der Waals surface area contributed by atoms with Gasteiger partial charge in [0, 0.05) is 17.5 Å². The van der Waals surface area contributed by atoms with E-state index in [-0.39, 0.29) is 18.7 Å². The van der Waals surface area contributed by atoms with Gasteiger partial charge in [0.25, 0.3) is 0 Å². The van der Waals surface area contributed by atoms with Gasteiger partial charge in [-0.2, -0.15) is 0 Å². The largest absolute Gasteiger partial charge is 0.481 e. The fourth-order valence-electron chi connectivity index (χ4n) is 2.27. The molecule has 1 aromatic heterocycles. The van der Waals surface area contributed by atoms with Gasteiger partial charge in [-0.25, -0.2) is 9.37 Å². The molecule has 0 fully saturated rings. The Kier molecular flexibility index (Phi) is 4.19. The maximum Gasteiger partial charge on any atom is 0.303 e. The summed E-state index contributed by atoms with van der Waals surface area (Å²) < 4.78 is 18.9. The standard InChI is InChI=1S/C18H14FNO3/c19-14-8-6-12(7-9-14)17-18(13-4-2-1-3-5-13)23-15(20-17)10-11-16(21)22/h1-9H,10-11H2,(H,21,22). The first-order valence-electron chi connectivity index (χ1n) is 7.16. The molecule has 0 aliphatic heterocycles. The first-order chi connectivity index (χ1) is 11.1. The third kappa shape index (κ3) is 3.45. The second kappa shape index (κ2) is 6.44. The van der Waals surface area contributed by atoms with E-state index in [0.29, 0.717) is 17.3 Å². The first-order valence-corrected chi connectivity index (χ1v) is 7.16. The van der Waals surface area contributed by atoms with Crippen LogP contribution in [0.1, 0.15) is 12.3 Å². The van der Waals surface area contributed by atoms with E-state index in [0.717, 1.165) is 11.1 Å². The predicted octanol–water partition coefficient (Wildman–Crippen LogP) is 4.16. The van der Waals surface area contributed by atoms with Crippen LogP contribution in [0.4, 0.5) is 4.39 Å². The maximum atomic E-state index is 13.1. The van der Waals surface area contributed by atoms with Crippen LogP contribution in [0.3, 0.4) is 0 Å². The van der Waals surface area contributed by atoms with Gasteiger partial charge in [0.2, 0.25) is 0 Å². The van der Waals surface area contributed by atoms with Crippen molar-refractivity contribution in [2.75, 3.05) is 0 Å². The van der Waals surface area contributed by atoms with Crippen molar-refractivity contribution in [3.05, 3.63) is 66.3 Å². The Morgan fingerprint density at radius 1 is 1.04 bits per heavy atom. The Morgan fingerprint density at radius 2 is 1.74 bits per heavy atom. The van der Waals surface area contributed by atoms with Crippen LogP contribution in [-0.4, -0.2) is 16.1 Å². The third-order valence-electron chi connectivity index (χ3n) is 3.38. The Hall–Kier alpha value is -2.95. The van der Waals surface area contributed by atoms with Crippen molar-refractivity contribution in [1.82, 2.24) is 4.98 Å². The number of benzene rings is 2. The van der Waals surface area contributed by atoms with E-state index in [4.69, 9.17) is 9.52 Å². The molecule has 0 bridgehead atoms. The van der Waals surface area contributed by atoms with Crippen molar-refractivity contribution in [2.24, 2.45) is 0 Å². The molecular formula is C18H14FNO3. The van der Waals surface area contributed by atoms with Gasteiger partial charge in [0.1, 0.15) is 11.5 Å². The van der Waals surface area contributed by atoms with E-state index >= 15 is 0 Å². The Bertz CT molecular complexity index is 810. The molecule has 2 aromatic carbocycles. The molecule has 0 saturated carbocycles. The zero-order chi connectivity index (χ0) is 16.2. The summed E-state index contributed by atoms with van der Waals surface area (Å²) in [4.78, 5) is 15.1. The summed E-state index contributed by atoms with van der Waals surface area (Å²) in [5, 5.41) is 8.80. The van der Waals surface area contributed by atoms with E-state index in [1.165, 1.54) is 12.1 Å². The smallest absolute Gasteiger partial charge is 0.303 e. The van der Waals surface area contributed by atoms with Crippen molar-refractivity contribution in [2.45, 2.75) is 12.8 Å². The average molecular weight is 311 g/mol. The summed E-state index contributed by atoms with van der Waals surface area (Å²) in [6.07, 6.45) is 0.147. The second-order valence-electron chi connectivity index (χ2n) is 5.05. The highest BCUT2D eigenvalue weighted by Crippen LogP contribution is 2.33. The van der Waals surface area contributed by atoms with E-state index < -0.39 is 5.97 Å². The number of rotatable bonds is 5. The summed E-state index contributed by atoms with van der Waals surface area (Å²) in [6, 6.07) is 15.4. The molecule has 3 aromatic rings.